The molecule has 0 saturated heterocycles. The molecule has 0 amide bonds. The van der Waals surface area contributed by atoms with Crippen molar-refractivity contribution in [3.63, 3.8) is 0 Å². The van der Waals surface area contributed by atoms with Crippen LogP contribution in [0.25, 0.3) is 11.0 Å². The van der Waals surface area contributed by atoms with Crippen LogP contribution in [0.1, 0.15) is 20.3 Å². The van der Waals surface area contributed by atoms with Crippen molar-refractivity contribution in [3.05, 3.63) is 12.1 Å². The van der Waals surface area contributed by atoms with Crippen LogP contribution in [0, 0.1) is 0 Å². The van der Waals surface area contributed by atoms with Gasteiger partial charge < -0.3 is 15.7 Å². The number of hydrogen-bond acceptors (Lipinski definition) is 6. The molecule has 1 heterocycles. The van der Waals surface area contributed by atoms with Crippen molar-refractivity contribution in [2.45, 2.75) is 26.3 Å². The van der Waals surface area contributed by atoms with Gasteiger partial charge in [-0.2, -0.15) is 0 Å². The van der Waals surface area contributed by atoms with Gasteiger partial charge in [-0.3, -0.25) is 0 Å². The third-order valence-corrected chi connectivity index (χ3v) is 2.92. The minimum atomic E-state index is 0.165. The Hall–Kier alpha value is -1.82. The molecule has 98 valence electrons. The fraction of sp³-hybridized carbons (Fsp3) is 0.500. The number of nitrogen functional groups attached to an aromatic ring is 1. The smallest absolute Gasteiger partial charge is 0.160 e. The number of hydrogen-bond donors (Lipinski definition) is 2. The predicted octanol–water partition coefficient (Wildman–Crippen LogP) is 1.40. The van der Waals surface area contributed by atoms with Crippen molar-refractivity contribution >= 4 is 22.4 Å². The third-order valence-electron chi connectivity index (χ3n) is 2.92. The van der Waals surface area contributed by atoms with Crippen molar-refractivity contribution in [3.8, 4) is 0 Å². The Bertz CT molecular complexity index is 524. The highest BCUT2D eigenvalue weighted by Gasteiger charge is 2.17. The predicted molar refractivity (Wildman–Crippen MR) is 70.4 cm³/mol. The highest BCUT2D eigenvalue weighted by Crippen LogP contribution is 2.29. The number of nitrogens with zero attached hydrogens (tertiary/aromatic N) is 3. The van der Waals surface area contributed by atoms with Gasteiger partial charge in [0, 0.05) is 19.2 Å². The van der Waals surface area contributed by atoms with Gasteiger partial charge in [-0.15, -0.1) is 0 Å². The van der Waals surface area contributed by atoms with E-state index in [0.717, 1.165) is 12.2 Å². The molecule has 2 rings (SSSR count). The molecular weight excluding hydrogens is 232 g/mol. The molecule has 0 aliphatic rings. The molecule has 0 unspecified atom stereocenters. The molecule has 2 aromatic rings. The number of anilines is 2. The van der Waals surface area contributed by atoms with E-state index >= 15 is 0 Å². The SMILES string of the molecule is CC(C)N(CCCO)c1ccc(N)c2nonc12. The average molecular weight is 250 g/mol. The maximum Gasteiger partial charge on any atom is 0.160 e. The molecule has 0 bridgehead atoms. The number of aliphatic hydroxyl groups excluding tert-OH is 1. The minimum absolute atomic E-state index is 0.165. The first kappa shape index (κ1) is 12.6. The molecular formula is C12H18N4O2. The van der Waals surface area contributed by atoms with Crippen molar-refractivity contribution in [1.82, 2.24) is 10.3 Å². The molecule has 1 aromatic carbocycles. The zero-order valence-corrected chi connectivity index (χ0v) is 10.6. The first-order valence-electron chi connectivity index (χ1n) is 6.03. The summed E-state index contributed by atoms with van der Waals surface area (Å²) in [4.78, 5) is 2.15. The molecule has 0 radical (unpaired) electrons. The van der Waals surface area contributed by atoms with Gasteiger partial charge >= 0.3 is 0 Å². The monoisotopic (exact) mass is 250 g/mol. The van der Waals surface area contributed by atoms with Gasteiger partial charge in [0.25, 0.3) is 0 Å². The molecule has 0 spiro atoms. The van der Waals surface area contributed by atoms with E-state index in [1.807, 2.05) is 6.07 Å². The quantitative estimate of drug-likeness (QED) is 0.780. The lowest BCUT2D eigenvalue weighted by Gasteiger charge is -2.28. The number of nitrogens with two attached hydrogens (primary N) is 1. The van der Waals surface area contributed by atoms with Gasteiger partial charge in [0.1, 0.15) is 0 Å². The van der Waals surface area contributed by atoms with Crippen LogP contribution in [0.15, 0.2) is 16.8 Å². The second-order valence-electron chi connectivity index (χ2n) is 4.50. The summed E-state index contributed by atoms with van der Waals surface area (Å²) in [6.07, 6.45) is 0.704. The summed E-state index contributed by atoms with van der Waals surface area (Å²) in [5.41, 5.74) is 8.57. The van der Waals surface area contributed by atoms with E-state index in [2.05, 4.69) is 29.1 Å². The summed E-state index contributed by atoms with van der Waals surface area (Å²) in [6, 6.07) is 4.01. The number of rotatable bonds is 5. The van der Waals surface area contributed by atoms with E-state index in [0.29, 0.717) is 29.2 Å². The standard InChI is InChI=1S/C12H18N4O2/c1-8(2)16(6-3-7-17)10-5-4-9(13)11-12(10)15-18-14-11/h4-5,8,17H,3,6-7,13H2,1-2H3. The Labute approximate surface area is 105 Å². The molecule has 1 aromatic heterocycles. The van der Waals surface area contributed by atoms with Crippen LogP contribution < -0.4 is 10.6 Å². The molecule has 6 nitrogen and oxygen atoms in total. The van der Waals surface area contributed by atoms with Crippen LogP contribution in [0.3, 0.4) is 0 Å². The summed E-state index contributed by atoms with van der Waals surface area (Å²) in [6.45, 7) is 5.10. The molecule has 0 saturated carbocycles. The van der Waals surface area contributed by atoms with Gasteiger partial charge in [0.2, 0.25) is 0 Å². The maximum atomic E-state index is 8.97. The van der Waals surface area contributed by atoms with E-state index in [1.54, 1.807) is 6.07 Å². The normalized spacial score (nSPS) is 11.3. The molecule has 0 atom stereocenters. The summed E-state index contributed by atoms with van der Waals surface area (Å²) in [7, 11) is 0. The summed E-state index contributed by atoms with van der Waals surface area (Å²) in [5.74, 6) is 0. The van der Waals surface area contributed by atoms with E-state index in [1.165, 1.54) is 0 Å². The Morgan fingerprint density at radius 2 is 2.06 bits per heavy atom. The van der Waals surface area contributed by atoms with E-state index in [-0.39, 0.29) is 6.61 Å². The molecule has 6 heteroatoms. The highest BCUT2D eigenvalue weighted by molar-refractivity contribution is 5.95. The lowest BCUT2D eigenvalue weighted by Crippen LogP contribution is -2.32. The second kappa shape index (κ2) is 5.22. The zero-order chi connectivity index (χ0) is 13.1. The largest absolute Gasteiger partial charge is 0.397 e. The minimum Gasteiger partial charge on any atom is -0.397 e. The van der Waals surface area contributed by atoms with Crippen LogP contribution in [0.5, 0.6) is 0 Å². The number of aromatic nitrogens is 2. The molecule has 18 heavy (non-hydrogen) atoms. The number of benzene rings is 1. The summed E-state index contributed by atoms with van der Waals surface area (Å²) in [5, 5.41) is 16.7. The van der Waals surface area contributed by atoms with Crippen LogP contribution in [0.2, 0.25) is 0 Å². The van der Waals surface area contributed by atoms with Crippen LogP contribution in [-0.2, 0) is 0 Å². The van der Waals surface area contributed by atoms with E-state index < -0.39 is 0 Å². The van der Waals surface area contributed by atoms with Crippen molar-refractivity contribution in [2.75, 3.05) is 23.8 Å². The van der Waals surface area contributed by atoms with Gasteiger partial charge in [0.15, 0.2) is 11.0 Å². The molecule has 0 aliphatic carbocycles. The Kier molecular flexibility index (Phi) is 3.66. The third kappa shape index (κ3) is 2.24. The average Bonchev–Trinajstić information content (AvgIpc) is 2.81. The molecule has 3 N–H and O–H groups in total. The fourth-order valence-corrected chi connectivity index (χ4v) is 2.00. The molecule has 0 aliphatic heterocycles. The lowest BCUT2D eigenvalue weighted by atomic mass is 10.1. The maximum absolute atomic E-state index is 8.97. The Morgan fingerprint density at radius 3 is 2.72 bits per heavy atom. The van der Waals surface area contributed by atoms with Gasteiger partial charge in [-0.05, 0) is 42.7 Å². The Balaban J connectivity index is 2.44. The zero-order valence-electron chi connectivity index (χ0n) is 10.6. The summed E-state index contributed by atoms with van der Waals surface area (Å²) < 4.78 is 4.76. The van der Waals surface area contributed by atoms with Crippen molar-refractivity contribution in [1.29, 1.82) is 0 Å². The van der Waals surface area contributed by atoms with Gasteiger partial charge in [-0.25, -0.2) is 4.63 Å². The van der Waals surface area contributed by atoms with Gasteiger partial charge in [-0.1, -0.05) is 0 Å². The second-order valence-corrected chi connectivity index (χ2v) is 4.50. The number of fused-ring (bicyclic) bond motifs is 1. The van der Waals surface area contributed by atoms with Crippen molar-refractivity contribution < 1.29 is 9.74 Å². The van der Waals surface area contributed by atoms with E-state index in [4.69, 9.17) is 15.5 Å². The summed E-state index contributed by atoms with van der Waals surface area (Å²) >= 11 is 0. The highest BCUT2D eigenvalue weighted by atomic mass is 16.6. The first-order chi connectivity index (χ1) is 8.65. The lowest BCUT2D eigenvalue weighted by molar-refractivity contribution is 0.288. The first-order valence-corrected chi connectivity index (χ1v) is 6.03. The molecule has 0 fully saturated rings. The Morgan fingerprint density at radius 1 is 1.33 bits per heavy atom. The topological polar surface area (TPSA) is 88.4 Å². The van der Waals surface area contributed by atoms with E-state index in [9.17, 15) is 0 Å². The van der Waals surface area contributed by atoms with Crippen molar-refractivity contribution in [2.24, 2.45) is 0 Å². The van der Waals surface area contributed by atoms with Crippen LogP contribution in [0.4, 0.5) is 11.4 Å². The fourth-order valence-electron chi connectivity index (χ4n) is 2.00. The van der Waals surface area contributed by atoms with Gasteiger partial charge in [0.05, 0.1) is 11.4 Å². The van der Waals surface area contributed by atoms with Crippen LogP contribution in [-0.4, -0.2) is 34.6 Å². The van der Waals surface area contributed by atoms with Crippen LogP contribution >= 0.6 is 0 Å². The number of aliphatic hydroxyl groups is 1.